The maximum atomic E-state index is 5.78. The Morgan fingerprint density at radius 3 is 3.00 bits per heavy atom. The fourth-order valence-electron chi connectivity index (χ4n) is 2.19. The Kier molecular flexibility index (Phi) is 4.06. The first kappa shape index (κ1) is 13.9. The van der Waals surface area contributed by atoms with Crippen LogP contribution < -0.4 is 5.73 Å². The van der Waals surface area contributed by atoms with Crippen LogP contribution in [0.4, 0.5) is 5.82 Å². The molecule has 0 saturated heterocycles. The van der Waals surface area contributed by atoms with Gasteiger partial charge in [-0.1, -0.05) is 17.7 Å². The smallest absolute Gasteiger partial charge is 0.165 e. The van der Waals surface area contributed by atoms with Gasteiger partial charge in [0.2, 0.25) is 0 Å². The molecule has 0 aliphatic heterocycles. The van der Waals surface area contributed by atoms with E-state index in [0.29, 0.717) is 11.3 Å². The van der Waals surface area contributed by atoms with Gasteiger partial charge in [-0.05, 0) is 31.2 Å². The average molecular weight is 299 g/mol. The summed E-state index contributed by atoms with van der Waals surface area (Å²) in [5.74, 6) is 1.50. The highest BCUT2D eigenvalue weighted by molar-refractivity contribution is 7.99. The third-order valence-corrected chi connectivity index (χ3v) is 4.31. The van der Waals surface area contributed by atoms with Crippen LogP contribution in [-0.2, 0) is 6.54 Å². The molecule has 21 heavy (non-hydrogen) atoms. The summed E-state index contributed by atoms with van der Waals surface area (Å²) >= 11 is 1.87. The highest BCUT2D eigenvalue weighted by atomic mass is 32.2. The summed E-state index contributed by atoms with van der Waals surface area (Å²) in [4.78, 5) is 13.8. The molecule has 0 fully saturated rings. The van der Waals surface area contributed by atoms with Gasteiger partial charge < -0.3 is 10.3 Å². The molecule has 0 aliphatic rings. The molecule has 0 spiro atoms. The lowest BCUT2D eigenvalue weighted by Gasteiger charge is -2.05. The minimum Gasteiger partial charge on any atom is -0.382 e. The maximum Gasteiger partial charge on any atom is 0.165 e. The molecule has 1 aromatic carbocycles. The first-order valence-electron chi connectivity index (χ1n) is 6.85. The minimum absolute atomic E-state index is 0.438. The molecule has 0 aliphatic carbocycles. The van der Waals surface area contributed by atoms with Crippen LogP contribution >= 0.6 is 11.8 Å². The van der Waals surface area contributed by atoms with Crippen LogP contribution in [0.25, 0.3) is 11.2 Å². The largest absolute Gasteiger partial charge is 0.382 e. The molecule has 2 N–H and O–H groups in total. The quantitative estimate of drug-likeness (QED) is 0.579. The first-order chi connectivity index (χ1) is 10.2. The maximum absolute atomic E-state index is 5.78. The summed E-state index contributed by atoms with van der Waals surface area (Å²) in [5.41, 5.74) is 8.57. The molecule has 0 unspecified atom stereocenters. The van der Waals surface area contributed by atoms with Gasteiger partial charge in [0.15, 0.2) is 11.5 Å². The Labute approximate surface area is 127 Å². The fourth-order valence-corrected chi connectivity index (χ4v) is 3.15. The highest BCUT2D eigenvalue weighted by Gasteiger charge is 2.07. The van der Waals surface area contributed by atoms with Gasteiger partial charge in [0.25, 0.3) is 0 Å². The predicted octanol–water partition coefficient (Wildman–Crippen LogP) is 2.90. The third kappa shape index (κ3) is 3.16. The van der Waals surface area contributed by atoms with Gasteiger partial charge in [-0.2, -0.15) is 0 Å². The van der Waals surface area contributed by atoms with Crippen molar-refractivity contribution < 1.29 is 0 Å². The van der Waals surface area contributed by atoms with Gasteiger partial charge in [0.05, 0.1) is 6.33 Å². The number of fused-ring (bicyclic) bond motifs is 1. The van der Waals surface area contributed by atoms with Crippen LogP contribution in [0, 0.1) is 6.92 Å². The Bertz CT molecular complexity index is 753. The minimum atomic E-state index is 0.438. The first-order valence-corrected chi connectivity index (χ1v) is 7.83. The van der Waals surface area contributed by atoms with E-state index in [2.05, 4.69) is 46.1 Å². The number of aromatic nitrogens is 4. The normalized spacial score (nSPS) is 11.1. The number of rotatable bonds is 5. The second-order valence-corrected chi connectivity index (χ2v) is 6.06. The lowest BCUT2D eigenvalue weighted by atomic mass is 10.2. The molecule has 0 saturated carbocycles. The van der Waals surface area contributed by atoms with Crippen LogP contribution in [0.1, 0.15) is 12.0 Å². The van der Waals surface area contributed by atoms with E-state index in [-0.39, 0.29) is 0 Å². The number of thioether (sulfide) groups is 1. The van der Waals surface area contributed by atoms with E-state index >= 15 is 0 Å². The molecule has 2 heterocycles. The monoisotopic (exact) mass is 299 g/mol. The van der Waals surface area contributed by atoms with Gasteiger partial charge in [0.1, 0.15) is 11.8 Å². The average Bonchev–Trinajstić information content (AvgIpc) is 2.88. The summed E-state index contributed by atoms with van der Waals surface area (Å²) in [7, 11) is 0. The molecule has 0 amide bonds. The molecule has 2 aromatic heterocycles. The third-order valence-electron chi connectivity index (χ3n) is 3.23. The van der Waals surface area contributed by atoms with Gasteiger partial charge >= 0.3 is 0 Å². The molecule has 6 heteroatoms. The van der Waals surface area contributed by atoms with Gasteiger partial charge in [-0.15, -0.1) is 11.8 Å². The second kappa shape index (κ2) is 6.13. The van der Waals surface area contributed by atoms with Gasteiger partial charge in [-0.25, -0.2) is 15.0 Å². The van der Waals surface area contributed by atoms with E-state index in [0.717, 1.165) is 24.4 Å². The molecule has 5 nitrogen and oxygen atoms in total. The van der Waals surface area contributed by atoms with E-state index in [1.807, 2.05) is 16.3 Å². The van der Waals surface area contributed by atoms with Crippen LogP contribution in [0.5, 0.6) is 0 Å². The van der Waals surface area contributed by atoms with Crippen LogP contribution in [0.3, 0.4) is 0 Å². The Morgan fingerprint density at radius 1 is 1.24 bits per heavy atom. The van der Waals surface area contributed by atoms with Crippen molar-refractivity contribution in [2.24, 2.45) is 0 Å². The van der Waals surface area contributed by atoms with E-state index < -0.39 is 0 Å². The zero-order valence-corrected chi connectivity index (χ0v) is 12.7. The number of aryl methyl sites for hydroxylation is 2. The number of nitrogens with zero attached hydrogens (tertiary/aromatic N) is 4. The molecule has 3 rings (SSSR count). The van der Waals surface area contributed by atoms with Gasteiger partial charge in [-0.3, -0.25) is 0 Å². The molecule has 108 valence electrons. The summed E-state index contributed by atoms with van der Waals surface area (Å²) in [6.07, 6.45) is 4.32. The predicted molar refractivity (Wildman–Crippen MR) is 86.3 cm³/mol. The summed E-state index contributed by atoms with van der Waals surface area (Å²) < 4.78 is 2.03. The highest BCUT2D eigenvalue weighted by Crippen LogP contribution is 2.20. The molecular formula is C15H17N5S. The van der Waals surface area contributed by atoms with Crippen molar-refractivity contribution in [2.45, 2.75) is 24.8 Å². The molecule has 0 atom stereocenters. The van der Waals surface area contributed by atoms with Crippen molar-refractivity contribution in [1.29, 1.82) is 0 Å². The standard InChI is InChI=1S/C15H17N5S/c1-11-4-2-5-12(8-11)21-7-3-6-20-10-19-13-14(16)17-9-18-15(13)20/h2,4-5,8-10H,3,6-7H2,1H3,(H2,16,17,18). The lowest BCUT2D eigenvalue weighted by molar-refractivity contribution is 0.696. The van der Waals surface area contributed by atoms with Crippen molar-refractivity contribution in [1.82, 2.24) is 19.5 Å². The Balaban J connectivity index is 1.59. The molecule has 3 aromatic rings. The Hall–Kier alpha value is -2.08. The van der Waals surface area contributed by atoms with Crippen molar-refractivity contribution in [3.8, 4) is 0 Å². The zero-order chi connectivity index (χ0) is 14.7. The number of nitrogen functional groups attached to an aromatic ring is 1. The van der Waals surface area contributed by atoms with Crippen molar-refractivity contribution in [3.63, 3.8) is 0 Å². The van der Waals surface area contributed by atoms with Crippen molar-refractivity contribution in [2.75, 3.05) is 11.5 Å². The molecular weight excluding hydrogens is 282 g/mol. The second-order valence-electron chi connectivity index (χ2n) is 4.89. The Morgan fingerprint density at radius 2 is 2.14 bits per heavy atom. The van der Waals surface area contributed by atoms with E-state index in [4.69, 9.17) is 5.73 Å². The number of anilines is 1. The molecule has 0 radical (unpaired) electrons. The number of hydrogen-bond acceptors (Lipinski definition) is 5. The number of nitrogens with two attached hydrogens (primary N) is 1. The fraction of sp³-hybridized carbons (Fsp3) is 0.267. The summed E-state index contributed by atoms with van der Waals surface area (Å²) in [6.45, 7) is 3.00. The zero-order valence-electron chi connectivity index (χ0n) is 11.9. The van der Waals surface area contributed by atoms with Crippen molar-refractivity contribution >= 4 is 28.7 Å². The SMILES string of the molecule is Cc1cccc(SCCCn2cnc3c(N)ncnc32)c1. The van der Waals surface area contributed by atoms with E-state index in [9.17, 15) is 0 Å². The number of benzene rings is 1. The van der Waals surface area contributed by atoms with Gasteiger partial charge in [0, 0.05) is 11.4 Å². The lowest BCUT2D eigenvalue weighted by Crippen LogP contribution is -2.00. The van der Waals surface area contributed by atoms with Crippen LogP contribution in [0.2, 0.25) is 0 Å². The van der Waals surface area contributed by atoms with E-state index in [1.165, 1.54) is 16.8 Å². The number of hydrogen-bond donors (Lipinski definition) is 1. The number of imidazole rings is 1. The van der Waals surface area contributed by atoms with Crippen molar-refractivity contribution in [3.05, 3.63) is 42.5 Å². The topological polar surface area (TPSA) is 69.6 Å². The summed E-state index contributed by atoms with van der Waals surface area (Å²) in [5, 5.41) is 0. The van der Waals surface area contributed by atoms with E-state index in [1.54, 1.807) is 6.33 Å². The molecule has 0 bridgehead atoms. The van der Waals surface area contributed by atoms with Crippen LogP contribution in [0.15, 0.2) is 41.8 Å². The summed E-state index contributed by atoms with van der Waals surface area (Å²) in [6, 6.07) is 8.58. The van der Waals surface area contributed by atoms with Crippen LogP contribution in [-0.4, -0.2) is 25.3 Å².